The summed E-state index contributed by atoms with van der Waals surface area (Å²) >= 11 is 0. The summed E-state index contributed by atoms with van der Waals surface area (Å²) in [4.78, 5) is 6.36. The topological polar surface area (TPSA) is 49.1 Å². The SMILES string of the molecule is CCC(CC)N(CCOC)c1cccnc1C#N. The van der Waals surface area contributed by atoms with Crippen LogP contribution < -0.4 is 4.90 Å². The summed E-state index contributed by atoms with van der Waals surface area (Å²) in [5, 5.41) is 9.15. The number of methoxy groups -OCH3 is 1. The molecule has 1 heterocycles. The third-order valence-electron chi connectivity index (χ3n) is 3.12. The molecule has 0 bridgehead atoms. The maximum atomic E-state index is 9.15. The summed E-state index contributed by atoms with van der Waals surface area (Å²) in [6.45, 7) is 5.76. The lowest BCUT2D eigenvalue weighted by Crippen LogP contribution is -2.37. The second-order valence-electron chi connectivity index (χ2n) is 4.14. The van der Waals surface area contributed by atoms with Crippen molar-refractivity contribution in [1.82, 2.24) is 4.98 Å². The maximum Gasteiger partial charge on any atom is 0.163 e. The Hall–Kier alpha value is -1.60. The lowest BCUT2D eigenvalue weighted by molar-refractivity contribution is 0.202. The van der Waals surface area contributed by atoms with E-state index in [4.69, 9.17) is 10.00 Å². The van der Waals surface area contributed by atoms with E-state index in [1.165, 1.54) is 0 Å². The lowest BCUT2D eigenvalue weighted by Gasteiger charge is -2.32. The van der Waals surface area contributed by atoms with E-state index < -0.39 is 0 Å². The van der Waals surface area contributed by atoms with Crippen molar-refractivity contribution in [3.8, 4) is 6.07 Å². The fourth-order valence-corrected chi connectivity index (χ4v) is 2.13. The van der Waals surface area contributed by atoms with Crippen LogP contribution >= 0.6 is 0 Å². The molecule has 0 radical (unpaired) electrons. The molecule has 4 nitrogen and oxygen atoms in total. The van der Waals surface area contributed by atoms with Gasteiger partial charge in [-0.25, -0.2) is 4.98 Å². The van der Waals surface area contributed by atoms with Crippen molar-refractivity contribution >= 4 is 5.69 Å². The number of ether oxygens (including phenoxy) is 1. The minimum absolute atomic E-state index is 0.413. The van der Waals surface area contributed by atoms with Crippen LogP contribution in [0.1, 0.15) is 32.4 Å². The molecular weight excluding hydrogens is 226 g/mol. The van der Waals surface area contributed by atoms with Gasteiger partial charge in [0.2, 0.25) is 0 Å². The van der Waals surface area contributed by atoms with Gasteiger partial charge in [0.25, 0.3) is 0 Å². The molecule has 1 aromatic rings. The van der Waals surface area contributed by atoms with Crippen molar-refractivity contribution in [3.63, 3.8) is 0 Å². The summed E-state index contributed by atoms with van der Waals surface area (Å²) < 4.78 is 5.16. The average Bonchev–Trinajstić information content (AvgIpc) is 2.43. The number of hydrogen-bond donors (Lipinski definition) is 0. The standard InChI is InChI=1S/C14H21N3O/c1-4-12(5-2)17(9-10-18-3)14-7-6-8-16-13(14)11-15/h6-8,12H,4-5,9-10H2,1-3H3. The minimum Gasteiger partial charge on any atom is -0.383 e. The van der Waals surface area contributed by atoms with Gasteiger partial charge in [0.05, 0.1) is 12.3 Å². The molecule has 0 aliphatic heterocycles. The van der Waals surface area contributed by atoms with Gasteiger partial charge in [-0.3, -0.25) is 0 Å². The first-order valence-electron chi connectivity index (χ1n) is 6.39. The molecule has 0 amide bonds. The van der Waals surface area contributed by atoms with Gasteiger partial charge in [0.15, 0.2) is 5.69 Å². The Balaban J connectivity index is 3.04. The normalized spacial score (nSPS) is 10.4. The summed E-state index contributed by atoms with van der Waals surface area (Å²) in [5.74, 6) is 0. The Labute approximate surface area is 109 Å². The van der Waals surface area contributed by atoms with Crippen LogP contribution in [0, 0.1) is 11.3 Å². The fraction of sp³-hybridized carbons (Fsp3) is 0.571. The Morgan fingerprint density at radius 2 is 2.17 bits per heavy atom. The molecule has 98 valence electrons. The van der Waals surface area contributed by atoms with Crippen LogP contribution in [0.15, 0.2) is 18.3 Å². The predicted molar refractivity (Wildman–Crippen MR) is 72.5 cm³/mol. The second-order valence-corrected chi connectivity index (χ2v) is 4.14. The Morgan fingerprint density at radius 3 is 2.72 bits per heavy atom. The number of pyridine rings is 1. The smallest absolute Gasteiger partial charge is 0.163 e. The van der Waals surface area contributed by atoms with Crippen molar-refractivity contribution in [2.45, 2.75) is 32.7 Å². The minimum atomic E-state index is 0.413. The summed E-state index contributed by atoms with van der Waals surface area (Å²) in [6, 6.07) is 6.41. The zero-order valence-corrected chi connectivity index (χ0v) is 11.4. The van der Waals surface area contributed by atoms with E-state index in [9.17, 15) is 0 Å². The van der Waals surface area contributed by atoms with E-state index in [0.717, 1.165) is 25.1 Å². The molecular formula is C14H21N3O. The van der Waals surface area contributed by atoms with Gasteiger partial charge >= 0.3 is 0 Å². The van der Waals surface area contributed by atoms with Crippen molar-refractivity contribution in [1.29, 1.82) is 5.26 Å². The van der Waals surface area contributed by atoms with Crippen LogP contribution in [-0.4, -0.2) is 31.3 Å². The molecule has 0 saturated carbocycles. The van der Waals surface area contributed by atoms with E-state index in [2.05, 4.69) is 29.8 Å². The van der Waals surface area contributed by atoms with Crippen molar-refractivity contribution in [2.24, 2.45) is 0 Å². The third-order valence-corrected chi connectivity index (χ3v) is 3.12. The van der Waals surface area contributed by atoms with E-state index >= 15 is 0 Å². The predicted octanol–water partition coefficient (Wildman–Crippen LogP) is 2.59. The van der Waals surface area contributed by atoms with Gasteiger partial charge in [-0.2, -0.15) is 5.26 Å². The van der Waals surface area contributed by atoms with Crippen molar-refractivity contribution in [3.05, 3.63) is 24.0 Å². The first kappa shape index (κ1) is 14.5. The van der Waals surface area contributed by atoms with Crippen molar-refractivity contribution in [2.75, 3.05) is 25.2 Å². The Bertz CT molecular complexity index is 396. The van der Waals surface area contributed by atoms with Gasteiger partial charge in [-0.1, -0.05) is 13.8 Å². The van der Waals surface area contributed by atoms with Gasteiger partial charge in [0, 0.05) is 25.9 Å². The highest BCUT2D eigenvalue weighted by Crippen LogP contribution is 2.22. The molecule has 0 aliphatic carbocycles. The Morgan fingerprint density at radius 1 is 1.44 bits per heavy atom. The van der Waals surface area contributed by atoms with E-state index in [0.29, 0.717) is 18.3 Å². The van der Waals surface area contributed by atoms with Gasteiger partial charge < -0.3 is 9.64 Å². The molecule has 0 unspecified atom stereocenters. The molecule has 1 rings (SSSR count). The lowest BCUT2D eigenvalue weighted by atomic mass is 10.1. The van der Waals surface area contributed by atoms with E-state index in [1.807, 2.05) is 12.1 Å². The van der Waals surface area contributed by atoms with Crippen LogP contribution in [0.5, 0.6) is 0 Å². The number of nitriles is 1. The van der Waals surface area contributed by atoms with Crippen molar-refractivity contribution < 1.29 is 4.74 Å². The molecule has 4 heteroatoms. The van der Waals surface area contributed by atoms with Crippen LogP contribution in [0.3, 0.4) is 0 Å². The maximum absolute atomic E-state index is 9.15. The van der Waals surface area contributed by atoms with Crippen LogP contribution in [0.2, 0.25) is 0 Å². The third kappa shape index (κ3) is 3.44. The number of nitrogens with zero attached hydrogens (tertiary/aromatic N) is 3. The molecule has 0 spiro atoms. The second kappa shape index (κ2) is 7.67. The highest BCUT2D eigenvalue weighted by molar-refractivity contribution is 5.56. The van der Waals surface area contributed by atoms with Gasteiger partial charge in [0.1, 0.15) is 6.07 Å². The Kier molecular flexibility index (Phi) is 6.16. The monoisotopic (exact) mass is 247 g/mol. The number of aromatic nitrogens is 1. The first-order valence-corrected chi connectivity index (χ1v) is 6.39. The molecule has 0 fully saturated rings. The molecule has 0 N–H and O–H groups in total. The van der Waals surface area contributed by atoms with E-state index in [-0.39, 0.29) is 0 Å². The average molecular weight is 247 g/mol. The zero-order chi connectivity index (χ0) is 13.4. The number of anilines is 1. The molecule has 0 atom stereocenters. The summed E-state index contributed by atoms with van der Waals surface area (Å²) in [7, 11) is 1.69. The number of hydrogen-bond acceptors (Lipinski definition) is 4. The quantitative estimate of drug-likeness (QED) is 0.743. The first-order chi connectivity index (χ1) is 8.78. The number of rotatable bonds is 7. The van der Waals surface area contributed by atoms with E-state index in [1.54, 1.807) is 13.3 Å². The van der Waals surface area contributed by atoms with Gasteiger partial charge in [-0.05, 0) is 25.0 Å². The largest absolute Gasteiger partial charge is 0.383 e. The molecule has 0 aromatic carbocycles. The van der Waals surface area contributed by atoms with Crippen LogP contribution in [0.25, 0.3) is 0 Å². The summed E-state index contributed by atoms with van der Waals surface area (Å²) in [5.41, 5.74) is 1.39. The van der Waals surface area contributed by atoms with Crippen LogP contribution in [0.4, 0.5) is 5.69 Å². The highest BCUT2D eigenvalue weighted by Gasteiger charge is 2.18. The molecule has 0 saturated heterocycles. The fourth-order valence-electron chi connectivity index (χ4n) is 2.13. The highest BCUT2D eigenvalue weighted by atomic mass is 16.5. The van der Waals surface area contributed by atoms with Gasteiger partial charge in [-0.15, -0.1) is 0 Å². The molecule has 1 aromatic heterocycles. The summed E-state index contributed by atoms with van der Waals surface area (Å²) in [6.07, 6.45) is 3.74. The molecule has 0 aliphatic rings. The molecule has 18 heavy (non-hydrogen) atoms. The zero-order valence-electron chi connectivity index (χ0n) is 11.4. The van der Waals surface area contributed by atoms with Crippen LogP contribution in [-0.2, 0) is 4.74 Å².